The van der Waals surface area contributed by atoms with Gasteiger partial charge < -0.3 is 4.74 Å². The van der Waals surface area contributed by atoms with E-state index in [4.69, 9.17) is 10.6 Å². The second-order valence-electron chi connectivity index (χ2n) is 6.27. The van der Waals surface area contributed by atoms with Crippen LogP contribution in [0.15, 0.2) is 18.2 Å². The molecule has 4 nitrogen and oxygen atoms in total. The summed E-state index contributed by atoms with van der Waals surface area (Å²) in [6.45, 7) is 12.3. The van der Waals surface area contributed by atoms with Gasteiger partial charge in [-0.2, -0.15) is 0 Å². The number of benzene rings is 1. The summed E-state index contributed by atoms with van der Waals surface area (Å²) >= 11 is 0. The zero-order chi connectivity index (χ0) is 14.8. The Hall–Kier alpha value is -0.940. The van der Waals surface area contributed by atoms with Crippen LogP contribution in [0.25, 0.3) is 0 Å². The van der Waals surface area contributed by atoms with Crippen molar-refractivity contribution in [3.8, 4) is 0 Å². The number of aryl methyl sites for hydroxylation is 2. The predicted molar refractivity (Wildman–Crippen MR) is 82.5 cm³/mol. The van der Waals surface area contributed by atoms with E-state index in [2.05, 4.69) is 56.2 Å². The van der Waals surface area contributed by atoms with Crippen LogP contribution < -0.4 is 11.3 Å². The van der Waals surface area contributed by atoms with Gasteiger partial charge >= 0.3 is 0 Å². The van der Waals surface area contributed by atoms with Crippen LogP contribution in [-0.2, 0) is 4.74 Å². The third kappa shape index (κ3) is 3.20. The average molecular weight is 277 g/mol. The Kier molecular flexibility index (Phi) is 4.81. The van der Waals surface area contributed by atoms with Gasteiger partial charge in [0.25, 0.3) is 0 Å². The molecule has 20 heavy (non-hydrogen) atoms. The fourth-order valence-corrected chi connectivity index (χ4v) is 3.21. The molecule has 4 heteroatoms. The lowest BCUT2D eigenvalue weighted by molar-refractivity contribution is -0.0238. The molecule has 0 amide bonds. The van der Waals surface area contributed by atoms with Gasteiger partial charge in [0.05, 0.1) is 19.3 Å². The molecule has 1 heterocycles. The molecule has 0 bridgehead atoms. The summed E-state index contributed by atoms with van der Waals surface area (Å²) in [5.41, 5.74) is 6.77. The van der Waals surface area contributed by atoms with Gasteiger partial charge in [0.1, 0.15) is 0 Å². The zero-order valence-corrected chi connectivity index (χ0v) is 13.1. The van der Waals surface area contributed by atoms with E-state index in [9.17, 15) is 0 Å². The molecule has 1 aromatic rings. The minimum Gasteiger partial charge on any atom is -0.379 e. The zero-order valence-electron chi connectivity index (χ0n) is 13.1. The second kappa shape index (κ2) is 6.22. The highest BCUT2D eigenvalue weighted by Crippen LogP contribution is 2.32. The molecule has 1 unspecified atom stereocenters. The lowest BCUT2D eigenvalue weighted by atomic mass is 9.85. The minimum absolute atomic E-state index is 0.0568. The summed E-state index contributed by atoms with van der Waals surface area (Å²) < 4.78 is 5.46. The van der Waals surface area contributed by atoms with E-state index in [1.807, 2.05) is 0 Å². The first-order chi connectivity index (χ1) is 9.45. The van der Waals surface area contributed by atoms with Gasteiger partial charge in [-0.1, -0.05) is 29.3 Å². The van der Waals surface area contributed by atoms with Gasteiger partial charge in [0.2, 0.25) is 0 Å². The van der Waals surface area contributed by atoms with E-state index in [0.717, 1.165) is 26.3 Å². The van der Waals surface area contributed by atoms with Gasteiger partial charge in [-0.25, -0.2) is 0 Å². The molecular weight excluding hydrogens is 250 g/mol. The van der Waals surface area contributed by atoms with Crippen LogP contribution in [0.4, 0.5) is 0 Å². The number of hydrazine groups is 1. The smallest absolute Gasteiger partial charge is 0.0638 e. The third-order valence-corrected chi connectivity index (χ3v) is 4.28. The van der Waals surface area contributed by atoms with Gasteiger partial charge in [-0.05, 0) is 33.3 Å². The molecule has 1 atom stereocenters. The van der Waals surface area contributed by atoms with Gasteiger partial charge in [-0.15, -0.1) is 0 Å². The SMILES string of the molecule is Cc1cc(C)cc(C(NN)C(C)(C)N2CCOCC2)c1. The van der Waals surface area contributed by atoms with E-state index in [1.165, 1.54) is 16.7 Å². The fraction of sp³-hybridized carbons (Fsp3) is 0.625. The van der Waals surface area contributed by atoms with Crippen LogP contribution in [0, 0.1) is 13.8 Å². The highest BCUT2D eigenvalue weighted by molar-refractivity contribution is 5.32. The Morgan fingerprint density at radius 1 is 1.15 bits per heavy atom. The van der Waals surface area contributed by atoms with E-state index in [-0.39, 0.29) is 11.6 Å². The van der Waals surface area contributed by atoms with E-state index in [1.54, 1.807) is 0 Å². The molecule has 1 aliphatic rings. The third-order valence-electron chi connectivity index (χ3n) is 4.28. The van der Waals surface area contributed by atoms with Crippen LogP contribution in [0.3, 0.4) is 0 Å². The number of nitrogens with two attached hydrogens (primary N) is 1. The van der Waals surface area contributed by atoms with Crippen molar-refractivity contribution < 1.29 is 4.74 Å². The molecule has 0 saturated carbocycles. The van der Waals surface area contributed by atoms with Crippen molar-refractivity contribution in [2.24, 2.45) is 5.84 Å². The maximum Gasteiger partial charge on any atom is 0.0638 e. The molecule has 1 aliphatic heterocycles. The minimum atomic E-state index is -0.0568. The van der Waals surface area contributed by atoms with E-state index >= 15 is 0 Å². The maximum atomic E-state index is 5.89. The number of hydrogen-bond donors (Lipinski definition) is 2. The predicted octanol–water partition coefficient (Wildman–Crippen LogP) is 1.92. The van der Waals surface area contributed by atoms with Crippen molar-refractivity contribution in [2.75, 3.05) is 26.3 Å². The monoisotopic (exact) mass is 277 g/mol. The van der Waals surface area contributed by atoms with Crippen molar-refractivity contribution in [1.29, 1.82) is 0 Å². The molecule has 112 valence electrons. The first-order valence-electron chi connectivity index (χ1n) is 7.32. The number of hydrogen-bond acceptors (Lipinski definition) is 4. The van der Waals surface area contributed by atoms with Gasteiger partial charge in [0, 0.05) is 18.6 Å². The molecule has 3 N–H and O–H groups in total. The number of morpholine rings is 1. The van der Waals surface area contributed by atoms with Crippen molar-refractivity contribution in [1.82, 2.24) is 10.3 Å². The lowest BCUT2D eigenvalue weighted by Gasteiger charge is -2.45. The van der Waals surface area contributed by atoms with Crippen LogP contribution in [0.1, 0.15) is 36.6 Å². The Morgan fingerprint density at radius 3 is 2.20 bits per heavy atom. The molecule has 0 spiro atoms. The molecule has 0 aromatic heterocycles. The molecule has 0 radical (unpaired) electrons. The molecule has 1 aromatic carbocycles. The van der Waals surface area contributed by atoms with Crippen LogP contribution in [-0.4, -0.2) is 36.7 Å². The number of ether oxygens (including phenoxy) is 1. The molecule has 0 aliphatic carbocycles. The normalized spacial score (nSPS) is 19.1. The van der Waals surface area contributed by atoms with E-state index in [0.29, 0.717) is 0 Å². The molecule has 1 fully saturated rings. The summed E-state index contributed by atoms with van der Waals surface area (Å²) in [6.07, 6.45) is 0. The Bertz CT molecular complexity index is 433. The standard InChI is InChI=1S/C16H27N3O/c1-12-9-13(2)11-14(10-12)15(18-17)16(3,4)19-5-7-20-8-6-19/h9-11,15,18H,5-8,17H2,1-4H3. The largest absolute Gasteiger partial charge is 0.379 e. The highest BCUT2D eigenvalue weighted by atomic mass is 16.5. The van der Waals surface area contributed by atoms with Gasteiger partial charge in [-0.3, -0.25) is 16.2 Å². The Balaban J connectivity index is 2.29. The first kappa shape index (κ1) is 15.4. The quantitative estimate of drug-likeness (QED) is 0.652. The molecule has 2 rings (SSSR count). The number of rotatable bonds is 4. The molecular formula is C16H27N3O. The summed E-state index contributed by atoms with van der Waals surface area (Å²) in [5, 5.41) is 0. The summed E-state index contributed by atoms with van der Waals surface area (Å²) in [5.74, 6) is 5.89. The van der Waals surface area contributed by atoms with Crippen molar-refractivity contribution in [2.45, 2.75) is 39.3 Å². The molecule has 1 saturated heterocycles. The summed E-state index contributed by atoms with van der Waals surface area (Å²) in [6, 6.07) is 6.73. The van der Waals surface area contributed by atoms with Gasteiger partial charge in [0.15, 0.2) is 0 Å². The maximum absolute atomic E-state index is 5.89. The van der Waals surface area contributed by atoms with Crippen molar-refractivity contribution in [3.05, 3.63) is 34.9 Å². The van der Waals surface area contributed by atoms with Crippen LogP contribution >= 0.6 is 0 Å². The number of nitrogens with zero attached hydrogens (tertiary/aromatic N) is 1. The van der Waals surface area contributed by atoms with Crippen molar-refractivity contribution in [3.63, 3.8) is 0 Å². The second-order valence-corrected chi connectivity index (χ2v) is 6.27. The lowest BCUT2D eigenvalue weighted by Crippen LogP contribution is -2.57. The summed E-state index contributed by atoms with van der Waals surface area (Å²) in [4.78, 5) is 2.46. The van der Waals surface area contributed by atoms with Crippen molar-refractivity contribution >= 4 is 0 Å². The van der Waals surface area contributed by atoms with Crippen LogP contribution in [0.5, 0.6) is 0 Å². The average Bonchev–Trinajstić information content (AvgIpc) is 2.39. The first-order valence-corrected chi connectivity index (χ1v) is 7.32. The number of nitrogens with one attached hydrogen (secondary N) is 1. The van der Waals surface area contributed by atoms with E-state index < -0.39 is 0 Å². The summed E-state index contributed by atoms with van der Waals surface area (Å²) in [7, 11) is 0. The Labute approximate surface area is 122 Å². The fourth-order valence-electron chi connectivity index (χ4n) is 3.21. The highest BCUT2D eigenvalue weighted by Gasteiger charge is 2.36. The topological polar surface area (TPSA) is 50.5 Å². The Morgan fingerprint density at radius 2 is 1.70 bits per heavy atom. The van der Waals surface area contributed by atoms with Crippen LogP contribution in [0.2, 0.25) is 0 Å².